The Balaban J connectivity index is 2.66. The molecule has 76 valence electrons. The van der Waals surface area contributed by atoms with Gasteiger partial charge in [0.15, 0.2) is 0 Å². The lowest BCUT2D eigenvalue weighted by molar-refractivity contribution is 0.393. The minimum Gasteiger partial charge on any atom is -0.494 e. The molecule has 0 aliphatic heterocycles. The Kier molecular flexibility index (Phi) is 1.77. The molecule has 0 spiro atoms. The van der Waals surface area contributed by atoms with E-state index in [2.05, 4.69) is 4.98 Å². The van der Waals surface area contributed by atoms with Crippen molar-refractivity contribution in [2.24, 2.45) is 5.92 Å². The third-order valence-corrected chi connectivity index (χ3v) is 2.74. The van der Waals surface area contributed by atoms with Crippen LogP contribution in [0.15, 0.2) is 9.59 Å². The van der Waals surface area contributed by atoms with Gasteiger partial charge in [-0.1, -0.05) is 6.92 Å². The van der Waals surface area contributed by atoms with Crippen molar-refractivity contribution >= 4 is 0 Å². The van der Waals surface area contributed by atoms with Gasteiger partial charge in [-0.05, 0) is 19.3 Å². The Morgan fingerprint density at radius 2 is 2.07 bits per heavy atom. The Labute approximate surface area is 80.0 Å². The van der Waals surface area contributed by atoms with E-state index in [9.17, 15) is 14.7 Å². The van der Waals surface area contributed by atoms with Crippen molar-refractivity contribution in [2.75, 3.05) is 0 Å². The van der Waals surface area contributed by atoms with Gasteiger partial charge >= 0.3 is 5.69 Å². The number of H-pyrrole nitrogens is 1. The molecule has 0 aromatic carbocycles. The standard InChI is InChI=1S/C9H12N2O3/c1-4-3-6(4)11-8(13)5(2)7(12)10-9(11)14/h4,6,13H,3H2,1-2H3,(H,10,12,14). The van der Waals surface area contributed by atoms with Gasteiger partial charge < -0.3 is 5.11 Å². The lowest BCUT2D eigenvalue weighted by atomic mass is 10.3. The molecule has 1 aliphatic rings. The molecule has 1 aromatic heterocycles. The minimum absolute atomic E-state index is 0.0399. The Morgan fingerprint density at radius 1 is 1.50 bits per heavy atom. The van der Waals surface area contributed by atoms with E-state index in [-0.39, 0.29) is 17.5 Å². The number of rotatable bonds is 1. The average Bonchev–Trinajstić information content (AvgIpc) is 2.79. The van der Waals surface area contributed by atoms with Crippen LogP contribution in [0.3, 0.4) is 0 Å². The highest BCUT2D eigenvalue weighted by molar-refractivity contribution is 5.22. The van der Waals surface area contributed by atoms with Crippen LogP contribution >= 0.6 is 0 Å². The van der Waals surface area contributed by atoms with Crippen molar-refractivity contribution in [1.29, 1.82) is 0 Å². The van der Waals surface area contributed by atoms with Crippen LogP contribution in [0, 0.1) is 12.8 Å². The summed E-state index contributed by atoms with van der Waals surface area (Å²) in [6.07, 6.45) is 0.874. The third kappa shape index (κ3) is 1.16. The number of aromatic hydroxyl groups is 1. The van der Waals surface area contributed by atoms with Gasteiger partial charge in [0, 0.05) is 6.04 Å². The van der Waals surface area contributed by atoms with Crippen LogP contribution in [0.4, 0.5) is 0 Å². The molecule has 1 heterocycles. The van der Waals surface area contributed by atoms with Crippen LogP contribution in [-0.2, 0) is 0 Å². The quantitative estimate of drug-likeness (QED) is 0.670. The van der Waals surface area contributed by atoms with E-state index >= 15 is 0 Å². The monoisotopic (exact) mass is 196 g/mol. The molecule has 0 radical (unpaired) electrons. The van der Waals surface area contributed by atoms with Gasteiger partial charge in [-0.15, -0.1) is 0 Å². The third-order valence-electron chi connectivity index (χ3n) is 2.74. The van der Waals surface area contributed by atoms with Crippen LogP contribution in [0.1, 0.15) is 24.9 Å². The first-order chi connectivity index (χ1) is 6.52. The highest BCUT2D eigenvalue weighted by atomic mass is 16.3. The molecule has 14 heavy (non-hydrogen) atoms. The summed E-state index contributed by atoms with van der Waals surface area (Å²) in [5.74, 6) is 0.192. The van der Waals surface area contributed by atoms with Crippen molar-refractivity contribution in [2.45, 2.75) is 26.3 Å². The molecule has 0 bridgehead atoms. The fourth-order valence-electron chi connectivity index (χ4n) is 1.60. The fraction of sp³-hybridized carbons (Fsp3) is 0.556. The highest BCUT2D eigenvalue weighted by Gasteiger charge is 2.37. The average molecular weight is 196 g/mol. The molecule has 0 saturated heterocycles. The molecule has 1 saturated carbocycles. The molecule has 0 amide bonds. The first-order valence-corrected chi connectivity index (χ1v) is 4.56. The molecule has 2 atom stereocenters. The molecule has 1 fully saturated rings. The maximum absolute atomic E-state index is 11.4. The van der Waals surface area contributed by atoms with Crippen molar-refractivity contribution < 1.29 is 5.11 Å². The first-order valence-electron chi connectivity index (χ1n) is 4.56. The van der Waals surface area contributed by atoms with E-state index in [4.69, 9.17) is 0 Å². The molecule has 5 heteroatoms. The zero-order chi connectivity index (χ0) is 10.5. The smallest absolute Gasteiger partial charge is 0.331 e. The van der Waals surface area contributed by atoms with Crippen LogP contribution < -0.4 is 11.2 Å². The molecule has 5 nitrogen and oxygen atoms in total. The van der Waals surface area contributed by atoms with Crippen LogP contribution in [0.25, 0.3) is 0 Å². The van der Waals surface area contributed by atoms with Crippen LogP contribution in [-0.4, -0.2) is 14.7 Å². The van der Waals surface area contributed by atoms with E-state index in [0.29, 0.717) is 5.92 Å². The maximum atomic E-state index is 11.4. The molecular weight excluding hydrogens is 184 g/mol. The number of nitrogens with one attached hydrogen (secondary N) is 1. The highest BCUT2D eigenvalue weighted by Crippen LogP contribution is 2.43. The van der Waals surface area contributed by atoms with E-state index in [0.717, 1.165) is 6.42 Å². The Bertz CT molecular complexity index is 486. The van der Waals surface area contributed by atoms with E-state index < -0.39 is 11.2 Å². The van der Waals surface area contributed by atoms with E-state index in [1.54, 1.807) is 0 Å². The second-order valence-electron chi connectivity index (χ2n) is 3.86. The van der Waals surface area contributed by atoms with Crippen LogP contribution in [0.2, 0.25) is 0 Å². The van der Waals surface area contributed by atoms with Gasteiger partial charge in [0.2, 0.25) is 5.88 Å². The topological polar surface area (TPSA) is 75.1 Å². The van der Waals surface area contributed by atoms with Crippen molar-refractivity contribution in [1.82, 2.24) is 9.55 Å². The zero-order valence-electron chi connectivity index (χ0n) is 8.07. The second kappa shape index (κ2) is 2.73. The molecule has 1 aromatic rings. The maximum Gasteiger partial charge on any atom is 0.331 e. The summed E-state index contributed by atoms with van der Waals surface area (Å²) < 4.78 is 1.27. The van der Waals surface area contributed by atoms with Gasteiger partial charge in [-0.2, -0.15) is 0 Å². The summed E-state index contributed by atoms with van der Waals surface area (Å²) in [4.78, 5) is 24.7. The van der Waals surface area contributed by atoms with Crippen LogP contribution in [0.5, 0.6) is 5.88 Å². The first kappa shape index (κ1) is 9.05. The van der Waals surface area contributed by atoms with E-state index in [1.165, 1.54) is 11.5 Å². The lowest BCUT2D eigenvalue weighted by Gasteiger charge is -2.07. The van der Waals surface area contributed by atoms with Gasteiger partial charge in [0.1, 0.15) is 0 Å². The normalized spacial score (nSPS) is 25.0. The van der Waals surface area contributed by atoms with Crippen molar-refractivity contribution in [3.63, 3.8) is 0 Å². The number of hydrogen-bond donors (Lipinski definition) is 2. The van der Waals surface area contributed by atoms with Crippen molar-refractivity contribution in [3.05, 3.63) is 26.4 Å². The summed E-state index contributed by atoms with van der Waals surface area (Å²) in [5, 5.41) is 9.63. The summed E-state index contributed by atoms with van der Waals surface area (Å²) in [6.45, 7) is 3.49. The summed E-state index contributed by atoms with van der Waals surface area (Å²) in [5.41, 5.74) is -0.840. The van der Waals surface area contributed by atoms with Crippen molar-refractivity contribution in [3.8, 4) is 5.88 Å². The zero-order valence-corrected chi connectivity index (χ0v) is 8.07. The number of nitrogens with zero attached hydrogens (tertiary/aromatic N) is 1. The molecule has 1 aliphatic carbocycles. The SMILES string of the molecule is Cc1c(O)n(C2CC2C)c(=O)[nH]c1=O. The number of aromatic amines is 1. The number of aromatic nitrogens is 2. The predicted molar refractivity (Wildman–Crippen MR) is 50.5 cm³/mol. The Hall–Kier alpha value is -1.52. The largest absolute Gasteiger partial charge is 0.494 e. The summed E-state index contributed by atoms with van der Waals surface area (Å²) >= 11 is 0. The molecule has 2 rings (SSSR count). The Morgan fingerprint density at radius 3 is 2.57 bits per heavy atom. The van der Waals surface area contributed by atoms with Gasteiger partial charge in [-0.25, -0.2) is 4.79 Å². The second-order valence-corrected chi connectivity index (χ2v) is 3.86. The predicted octanol–water partition coefficient (Wildman–Crippen LogP) is 0.132. The summed E-state index contributed by atoms with van der Waals surface area (Å²) in [7, 11) is 0. The molecular formula is C9H12N2O3. The minimum atomic E-state index is -0.521. The summed E-state index contributed by atoms with van der Waals surface area (Å²) in [6, 6.07) is 0.0399. The lowest BCUT2D eigenvalue weighted by Crippen LogP contribution is -2.31. The van der Waals surface area contributed by atoms with Gasteiger partial charge in [-0.3, -0.25) is 14.3 Å². The number of hydrogen-bond acceptors (Lipinski definition) is 3. The molecule has 2 unspecified atom stereocenters. The fourth-order valence-corrected chi connectivity index (χ4v) is 1.60. The molecule has 2 N–H and O–H groups in total. The van der Waals surface area contributed by atoms with Gasteiger partial charge in [0.25, 0.3) is 5.56 Å². The van der Waals surface area contributed by atoms with E-state index in [1.807, 2.05) is 6.92 Å². The van der Waals surface area contributed by atoms with Gasteiger partial charge in [0.05, 0.1) is 5.56 Å².